The van der Waals surface area contributed by atoms with Crippen molar-refractivity contribution in [2.75, 3.05) is 0 Å². The average molecular weight is 517 g/mol. The van der Waals surface area contributed by atoms with Crippen LogP contribution in [0.2, 0.25) is 0 Å². The fraction of sp³-hybridized carbons (Fsp3) is 0.471. The topological polar surface area (TPSA) is 34.1 Å². The van der Waals surface area contributed by atoms with Crippen LogP contribution in [0.25, 0.3) is 0 Å². The van der Waals surface area contributed by atoms with Crippen LogP contribution in [0.1, 0.15) is 76.3 Å². The molecule has 1 saturated carbocycles. The van der Waals surface area contributed by atoms with Gasteiger partial charge in [-0.15, -0.1) is 0 Å². The highest BCUT2D eigenvalue weighted by molar-refractivity contribution is 5.94. The van der Waals surface area contributed by atoms with Crippen molar-refractivity contribution in [3.05, 3.63) is 94.6 Å². The molecule has 0 heterocycles. The summed E-state index contributed by atoms with van der Waals surface area (Å²) in [4.78, 5) is 26.3. The Kier molecular flexibility index (Phi) is 7.53. The van der Waals surface area contributed by atoms with Crippen LogP contribution in [0, 0.1) is 47.1 Å². The van der Waals surface area contributed by atoms with E-state index in [9.17, 15) is 18.4 Å². The lowest BCUT2D eigenvalue weighted by atomic mass is 9.47. The van der Waals surface area contributed by atoms with Crippen molar-refractivity contribution in [3.8, 4) is 0 Å². The van der Waals surface area contributed by atoms with Gasteiger partial charge in [0.25, 0.3) is 0 Å². The van der Waals surface area contributed by atoms with Crippen molar-refractivity contribution in [2.45, 2.75) is 65.2 Å². The lowest BCUT2D eigenvalue weighted by Gasteiger charge is -2.56. The number of carbonyl (C=O) groups is 2. The Morgan fingerprint density at radius 3 is 1.21 bits per heavy atom. The molecule has 2 nitrogen and oxygen atoms in total. The number of hydrogen-bond donors (Lipinski definition) is 0. The van der Waals surface area contributed by atoms with Crippen molar-refractivity contribution >= 4 is 11.6 Å². The van der Waals surface area contributed by atoms with E-state index in [1.165, 1.54) is 24.3 Å². The molecular weight excluding hydrogens is 478 g/mol. The number of ketones is 2. The fourth-order valence-corrected chi connectivity index (χ4v) is 7.37. The molecule has 1 fully saturated rings. The number of halogens is 2. The van der Waals surface area contributed by atoms with E-state index in [4.69, 9.17) is 0 Å². The van der Waals surface area contributed by atoms with Crippen LogP contribution in [-0.2, 0) is 9.59 Å². The van der Waals surface area contributed by atoms with Crippen LogP contribution < -0.4 is 0 Å². The molecule has 3 aliphatic rings. The van der Waals surface area contributed by atoms with Crippen molar-refractivity contribution in [2.24, 2.45) is 35.5 Å². The lowest BCUT2D eigenvalue weighted by Crippen LogP contribution is -2.47. The summed E-state index contributed by atoms with van der Waals surface area (Å²) in [5, 5.41) is 0. The van der Waals surface area contributed by atoms with Gasteiger partial charge in [0.2, 0.25) is 0 Å². The SMILES string of the molecule is CC(C)C1CCC(C2C(c3ccc(F)cc3)C(C3=CC(=O)C(C(C)C)CC3)C2c2ccc(F)cc2)=CC1=O. The van der Waals surface area contributed by atoms with Crippen molar-refractivity contribution in [1.29, 1.82) is 0 Å². The van der Waals surface area contributed by atoms with E-state index in [0.29, 0.717) is 11.8 Å². The Balaban J connectivity index is 1.61. The summed E-state index contributed by atoms with van der Waals surface area (Å²) in [6, 6.07) is 13.4. The van der Waals surface area contributed by atoms with Gasteiger partial charge in [-0.3, -0.25) is 9.59 Å². The first-order chi connectivity index (χ1) is 18.2. The maximum atomic E-state index is 13.9. The quantitative estimate of drug-likeness (QED) is 0.388. The van der Waals surface area contributed by atoms with Gasteiger partial charge >= 0.3 is 0 Å². The molecule has 0 aliphatic heterocycles. The summed E-state index contributed by atoms with van der Waals surface area (Å²) in [6.45, 7) is 8.39. The Morgan fingerprint density at radius 2 is 0.921 bits per heavy atom. The number of carbonyl (C=O) groups excluding carboxylic acids is 2. The van der Waals surface area contributed by atoms with Crippen LogP contribution in [0.15, 0.2) is 71.8 Å². The van der Waals surface area contributed by atoms with Crippen LogP contribution in [-0.4, -0.2) is 11.6 Å². The highest BCUT2D eigenvalue weighted by Gasteiger charge is 2.55. The standard InChI is InChI=1S/C34H38F2O2/c1-19(2)27-15-9-23(17-29(27)37)33-31(21-5-11-25(35)12-6-21)34(32(33)22-7-13-26(36)14-8-22)24-10-16-28(20(3)4)30(38)18-24/h5-8,11-14,17-20,27-28,31-34H,9-10,15-16H2,1-4H3. The zero-order valence-electron chi connectivity index (χ0n) is 22.8. The average Bonchev–Trinajstić information content (AvgIpc) is 2.85. The zero-order chi connectivity index (χ0) is 27.1. The molecule has 0 N–H and O–H groups in total. The summed E-state index contributed by atoms with van der Waals surface area (Å²) >= 11 is 0. The molecule has 0 radical (unpaired) electrons. The van der Waals surface area contributed by atoms with E-state index in [-0.39, 0.29) is 58.7 Å². The van der Waals surface area contributed by atoms with E-state index < -0.39 is 0 Å². The molecule has 200 valence electrons. The Labute approximate surface area is 225 Å². The Morgan fingerprint density at radius 1 is 0.579 bits per heavy atom. The maximum absolute atomic E-state index is 13.9. The monoisotopic (exact) mass is 516 g/mol. The molecule has 0 bridgehead atoms. The molecule has 38 heavy (non-hydrogen) atoms. The van der Waals surface area contributed by atoms with Gasteiger partial charge in [0.15, 0.2) is 11.6 Å². The molecule has 0 aromatic heterocycles. The molecule has 2 unspecified atom stereocenters. The first-order valence-corrected chi connectivity index (χ1v) is 14.1. The number of allylic oxidation sites excluding steroid dienone is 4. The molecule has 2 atom stereocenters. The van der Waals surface area contributed by atoms with E-state index in [0.717, 1.165) is 48.0 Å². The van der Waals surface area contributed by atoms with Gasteiger partial charge in [0, 0.05) is 11.8 Å². The van der Waals surface area contributed by atoms with E-state index in [1.54, 1.807) is 0 Å². The maximum Gasteiger partial charge on any atom is 0.158 e. The Bertz CT molecular complexity index is 1140. The predicted molar refractivity (Wildman–Crippen MR) is 147 cm³/mol. The molecule has 3 aliphatic carbocycles. The van der Waals surface area contributed by atoms with Crippen LogP contribution >= 0.6 is 0 Å². The van der Waals surface area contributed by atoms with E-state index in [2.05, 4.69) is 27.7 Å². The number of benzene rings is 2. The van der Waals surface area contributed by atoms with Gasteiger partial charge in [0.05, 0.1) is 0 Å². The smallest absolute Gasteiger partial charge is 0.158 e. The molecule has 2 aromatic carbocycles. The van der Waals surface area contributed by atoms with E-state index >= 15 is 0 Å². The third-order valence-electron chi connectivity index (χ3n) is 9.40. The largest absolute Gasteiger partial charge is 0.295 e. The van der Waals surface area contributed by atoms with E-state index in [1.807, 2.05) is 36.4 Å². The minimum Gasteiger partial charge on any atom is -0.295 e. The minimum atomic E-state index is -0.282. The minimum absolute atomic E-state index is 0.0231. The number of rotatable bonds is 6. The fourth-order valence-electron chi connectivity index (χ4n) is 7.37. The van der Waals surface area contributed by atoms with Gasteiger partial charge in [-0.2, -0.15) is 0 Å². The summed E-state index contributed by atoms with van der Waals surface area (Å²) in [5.41, 5.74) is 4.32. The molecular formula is C34H38F2O2. The van der Waals surface area contributed by atoms with Gasteiger partial charge in [0.1, 0.15) is 11.6 Å². The Hall–Kier alpha value is -2.88. The summed E-state index contributed by atoms with van der Waals surface area (Å²) < 4.78 is 27.9. The second kappa shape index (κ2) is 10.7. The normalized spacial score (nSPS) is 29.8. The molecule has 5 rings (SSSR count). The van der Waals surface area contributed by atoms with Gasteiger partial charge in [-0.05, 0) is 109 Å². The zero-order valence-corrected chi connectivity index (χ0v) is 22.8. The van der Waals surface area contributed by atoms with Gasteiger partial charge in [-0.1, -0.05) is 63.1 Å². The first-order valence-electron chi connectivity index (χ1n) is 14.1. The lowest BCUT2D eigenvalue weighted by molar-refractivity contribution is -0.120. The highest BCUT2D eigenvalue weighted by Crippen LogP contribution is 2.64. The summed E-state index contributed by atoms with van der Waals surface area (Å²) in [7, 11) is 0. The van der Waals surface area contributed by atoms with Crippen LogP contribution in [0.5, 0.6) is 0 Å². The highest BCUT2D eigenvalue weighted by atomic mass is 19.1. The van der Waals surface area contributed by atoms with Crippen molar-refractivity contribution in [3.63, 3.8) is 0 Å². The molecule has 4 heteroatoms. The second-order valence-corrected chi connectivity index (χ2v) is 12.2. The predicted octanol–water partition coefficient (Wildman–Crippen LogP) is 8.20. The molecule has 2 aromatic rings. The van der Waals surface area contributed by atoms with Crippen molar-refractivity contribution in [1.82, 2.24) is 0 Å². The van der Waals surface area contributed by atoms with Crippen LogP contribution in [0.4, 0.5) is 8.78 Å². The second-order valence-electron chi connectivity index (χ2n) is 12.2. The third-order valence-corrected chi connectivity index (χ3v) is 9.40. The van der Waals surface area contributed by atoms with Gasteiger partial charge in [-0.25, -0.2) is 8.78 Å². The van der Waals surface area contributed by atoms with Gasteiger partial charge < -0.3 is 0 Å². The van der Waals surface area contributed by atoms with Crippen molar-refractivity contribution < 1.29 is 18.4 Å². The summed E-state index contributed by atoms with van der Waals surface area (Å²) in [5.74, 6) is 0.586. The first kappa shape index (κ1) is 26.7. The third kappa shape index (κ3) is 4.95. The number of hydrogen-bond acceptors (Lipinski definition) is 2. The van der Waals surface area contributed by atoms with Crippen LogP contribution in [0.3, 0.4) is 0 Å². The molecule has 0 spiro atoms. The molecule has 0 saturated heterocycles. The molecule has 0 amide bonds. The summed E-state index contributed by atoms with van der Waals surface area (Å²) in [6.07, 6.45) is 7.08.